The monoisotopic (exact) mass is 417 g/mol. The van der Waals surface area contributed by atoms with Crippen molar-refractivity contribution >= 4 is 11.8 Å². The van der Waals surface area contributed by atoms with E-state index in [1.807, 2.05) is 29.9 Å². The highest BCUT2D eigenvalue weighted by molar-refractivity contribution is 5.95. The van der Waals surface area contributed by atoms with Gasteiger partial charge in [-0.05, 0) is 48.9 Å². The lowest BCUT2D eigenvalue weighted by atomic mass is 9.94. The van der Waals surface area contributed by atoms with Gasteiger partial charge in [0, 0.05) is 39.1 Å². The Balaban J connectivity index is 1.40. The van der Waals surface area contributed by atoms with Crippen molar-refractivity contribution in [3.8, 4) is 0 Å². The minimum Gasteiger partial charge on any atom is -0.352 e. The Morgan fingerprint density at radius 1 is 1.19 bits per heavy atom. The van der Waals surface area contributed by atoms with Crippen LogP contribution >= 0.6 is 0 Å². The molecule has 2 aromatic heterocycles. The van der Waals surface area contributed by atoms with E-state index in [1.165, 1.54) is 5.56 Å². The predicted octanol–water partition coefficient (Wildman–Crippen LogP) is 2.85. The maximum atomic E-state index is 13.1. The van der Waals surface area contributed by atoms with Crippen LogP contribution in [0.4, 0.5) is 0 Å². The van der Waals surface area contributed by atoms with Crippen LogP contribution in [0.2, 0.25) is 0 Å². The molecule has 160 valence electrons. The molecule has 1 aromatic carbocycles. The molecule has 1 N–H and O–H groups in total. The fourth-order valence-corrected chi connectivity index (χ4v) is 4.01. The summed E-state index contributed by atoms with van der Waals surface area (Å²) in [5.41, 5.74) is 4.46. The van der Waals surface area contributed by atoms with Crippen molar-refractivity contribution in [2.45, 2.75) is 32.9 Å². The van der Waals surface area contributed by atoms with Gasteiger partial charge in [0.15, 0.2) is 0 Å². The number of aromatic nitrogens is 3. The molecular weight excluding hydrogens is 390 g/mol. The van der Waals surface area contributed by atoms with Gasteiger partial charge in [0.1, 0.15) is 0 Å². The van der Waals surface area contributed by atoms with E-state index in [0.717, 1.165) is 24.2 Å². The van der Waals surface area contributed by atoms with Gasteiger partial charge in [0.25, 0.3) is 11.8 Å². The maximum Gasteiger partial charge on any atom is 0.257 e. The number of fused-ring (bicyclic) bond motifs is 1. The summed E-state index contributed by atoms with van der Waals surface area (Å²) in [4.78, 5) is 31.2. The van der Waals surface area contributed by atoms with Gasteiger partial charge in [0.2, 0.25) is 0 Å². The Bertz CT molecular complexity index is 1080. The van der Waals surface area contributed by atoms with Crippen LogP contribution in [0.3, 0.4) is 0 Å². The second-order valence-corrected chi connectivity index (χ2v) is 8.13. The average Bonchev–Trinajstić information content (AvgIpc) is 3.22. The topological polar surface area (TPSA) is 80.1 Å². The zero-order chi connectivity index (χ0) is 21.8. The quantitative estimate of drug-likeness (QED) is 0.669. The van der Waals surface area contributed by atoms with E-state index in [4.69, 9.17) is 0 Å². The molecule has 2 amide bonds. The molecule has 3 aromatic rings. The molecule has 7 heteroatoms. The highest BCUT2D eigenvalue weighted by Gasteiger charge is 2.27. The van der Waals surface area contributed by atoms with E-state index in [2.05, 4.69) is 28.4 Å². The number of aryl methyl sites for hydroxylation is 2. The number of amides is 2. The van der Waals surface area contributed by atoms with E-state index < -0.39 is 0 Å². The molecule has 1 aliphatic rings. The molecule has 0 spiro atoms. The van der Waals surface area contributed by atoms with Crippen LogP contribution in [0.25, 0.3) is 0 Å². The number of carbonyl (C=O) groups is 2. The molecule has 0 saturated carbocycles. The summed E-state index contributed by atoms with van der Waals surface area (Å²) < 4.78 is 1.92. The summed E-state index contributed by atoms with van der Waals surface area (Å²) in [6.45, 7) is 3.92. The van der Waals surface area contributed by atoms with Crippen LogP contribution in [0.15, 0.2) is 55.0 Å². The average molecular weight is 418 g/mol. The highest BCUT2D eigenvalue weighted by atomic mass is 16.2. The third kappa shape index (κ3) is 4.66. The molecule has 1 aliphatic heterocycles. The predicted molar refractivity (Wildman–Crippen MR) is 118 cm³/mol. The number of carbonyl (C=O) groups excluding carboxylic acids is 2. The normalized spacial score (nSPS) is 15.2. The Morgan fingerprint density at radius 3 is 2.81 bits per heavy atom. The lowest BCUT2D eigenvalue weighted by Gasteiger charge is -2.25. The first kappa shape index (κ1) is 20.8. The van der Waals surface area contributed by atoms with Crippen molar-refractivity contribution in [3.05, 3.63) is 82.9 Å². The van der Waals surface area contributed by atoms with Crippen molar-refractivity contribution in [1.29, 1.82) is 0 Å². The van der Waals surface area contributed by atoms with Gasteiger partial charge in [-0.25, -0.2) is 0 Å². The summed E-state index contributed by atoms with van der Waals surface area (Å²) in [6, 6.07) is 11.6. The van der Waals surface area contributed by atoms with E-state index in [1.54, 1.807) is 35.6 Å². The first-order valence-corrected chi connectivity index (χ1v) is 10.6. The summed E-state index contributed by atoms with van der Waals surface area (Å²) >= 11 is 0. The van der Waals surface area contributed by atoms with Crippen LogP contribution in [-0.4, -0.2) is 45.1 Å². The third-order valence-corrected chi connectivity index (χ3v) is 5.90. The largest absolute Gasteiger partial charge is 0.352 e. The van der Waals surface area contributed by atoms with Crippen LogP contribution in [-0.2, 0) is 19.5 Å². The zero-order valence-electron chi connectivity index (χ0n) is 17.9. The second kappa shape index (κ2) is 9.12. The van der Waals surface area contributed by atoms with Crippen molar-refractivity contribution in [1.82, 2.24) is 25.0 Å². The fourth-order valence-electron chi connectivity index (χ4n) is 4.01. The van der Waals surface area contributed by atoms with E-state index >= 15 is 0 Å². The second-order valence-electron chi connectivity index (χ2n) is 8.13. The summed E-state index contributed by atoms with van der Waals surface area (Å²) in [6.07, 6.45) is 6.52. The van der Waals surface area contributed by atoms with Gasteiger partial charge < -0.3 is 10.2 Å². The SMILES string of the molecule is Cc1ccccc1CN(C)C(=O)c1cnn2c1CC(CNC(=O)c1cccnc1)CC2. The summed E-state index contributed by atoms with van der Waals surface area (Å²) in [5.74, 6) is 0.115. The molecule has 0 saturated heterocycles. The van der Waals surface area contributed by atoms with Crippen molar-refractivity contribution in [2.24, 2.45) is 5.92 Å². The molecule has 1 unspecified atom stereocenters. The Morgan fingerprint density at radius 2 is 2.03 bits per heavy atom. The number of nitrogens with one attached hydrogen (secondary N) is 1. The lowest BCUT2D eigenvalue weighted by molar-refractivity contribution is 0.0782. The Kier molecular flexibility index (Phi) is 6.11. The molecule has 7 nitrogen and oxygen atoms in total. The van der Waals surface area contributed by atoms with Gasteiger partial charge in [-0.15, -0.1) is 0 Å². The molecule has 0 radical (unpaired) electrons. The first-order chi connectivity index (χ1) is 15.0. The molecule has 4 rings (SSSR count). The minimum absolute atomic E-state index is 0.0236. The molecule has 31 heavy (non-hydrogen) atoms. The van der Waals surface area contributed by atoms with Crippen molar-refractivity contribution in [3.63, 3.8) is 0 Å². The minimum atomic E-state index is -0.124. The third-order valence-electron chi connectivity index (χ3n) is 5.90. The van der Waals surface area contributed by atoms with Gasteiger partial charge in [0.05, 0.1) is 23.0 Å². The Hall–Kier alpha value is -3.48. The van der Waals surface area contributed by atoms with E-state index in [9.17, 15) is 9.59 Å². The Labute approximate surface area is 182 Å². The summed E-state index contributed by atoms with van der Waals surface area (Å²) in [5, 5.41) is 7.43. The van der Waals surface area contributed by atoms with Crippen LogP contribution in [0.5, 0.6) is 0 Å². The van der Waals surface area contributed by atoms with Gasteiger partial charge in [-0.2, -0.15) is 5.10 Å². The standard InChI is InChI=1S/C24H27N5O2/c1-17-6-3-4-7-20(17)16-28(2)24(31)21-15-27-29-11-9-18(12-22(21)29)13-26-23(30)19-8-5-10-25-14-19/h3-8,10,14-15,18H,9,11-13,16H2,1-2H3,(H,26,30). The highest BCUT2D eigenvalue weighted by Crippen LogP contribution is 2.24. The number of hydrogen-bond acceptors (Lipinski definition) is 4. The van der Waals surface area contributed by atoms with E-state index in [0.29, 0.717) is 30.6 Å². The smallest absolute Gasteiger partial charge is 0.257 e. The zero-order valence-corrected chi connectivity index (χ0v) is 17.9. The summed E-state index contributed by atoms with van der Waals surface area (Å²) in [7, 11) is 1.83. The van der Waals surface area contributed by atoms with Gasteiger partial charge in [-0.3, -0.25) is 19.3 Å². The number of benzene rings is 1. The van der Waals surface area contributed by atoms with Gasteiger partial charge in [-0.1, -0.05) is 24.3 Å². The van der Waals surface area contributed by atoms with Crippen molar-refractivity contribution < 1.29 is 9.59 Å². The number of rotatable bonds is 6. The molecule has 0 bridgehead atoms. The fraction of sp³-hybridized carbons (Fsp3) is 0.333. The maximum absolute atomic E-state index is 13.1. The molecule has 0 aliphatic carbocycles. The molecular formula is C24H27N5O2. The number of nitrogens with zero attached hydrogens (tertiary/aromatic N) is 4. The first-order valence-electron chi connectivity index (χ1n) is 10.6. The van der Waals surface area contributed by atoms with Crippen LogP contribution < -0.4 is 5.32 Å². The van der Waals surface area contributed by atoms with E-state index in [-0.39, 0.29) is 17.7 Å². The lowest BCUT2D eigenvalue weighted by Crippen LogP contribution is -2.34. The number of pyridine rings is 1. The number of hydrogen-bond donors (Lipinski definition) is 1. The van der Waals surface area contributed by atoms with Gasteiger partial charge >= 0.3 is 0 Å². The van der Waals surface area contributed by atoms with Crippen molar-refractivity contribution in [2.75, 3.05) is 13.6 Å². The molecule has 3 heterocycles. The molecule has 1 atom stereocenters. The van der Waals surface area contributed by atoms with Crippen LogP contribution in [0, 0.1) is 12.8 Å². The van der Waals surface area contributed by atoms with Crippen LogP contribution in [0.1, 0.15) is 44.0 Å². The molecule has 0 fully saturated rings.